The molecule has 3 aromatic rings. The highest BCUT2D eigenvalue weighted by Crippen LogP contribution is 2.24. The van der Waals surface area contributed by atoms with Crippen molar-refractivity contribution in [2.45, 2.75) is 45.2 Å². The molecule has 0 unspecified atom stereocenters. The second-order valence-electron chi connectivity index (χ2n) is 8.65. The quantitative estimate of drug-likeness (QED) is 0.290. The zero-order chi connectivity index (χ0) is 25.9. The number of nitrogens with zero attached hydrogens (tertiary/aromatic N) is 1. The average molecular weight is 527 g/mol. The second-order valence-corrected chi connectivity index (χ2v) is 9.46. The lowest BCUT2D eigenvalue weighted by molar-refractivity contribution is -0.140. The van der Waals surface area contributed by atoms with Gasteiger partial charge >= 0.3 is 0 Å². The van der Waals surface area contributed by atoms with Gasteiger partial charge in [-0.2, -0.15) is 0 Å². The lowest BCUT2D eigenvalue weighted by Crippen LogP contribution is -2.51. The van der Waals surface area contributed by atoms with Crippen LogP contribution in [0.1, 0.15) is 36.5 Å². The monoisotopic (exact) mass is 526 g/mol. The Morgan fingerprint density at radius 2 is 1.67 bits per heavy atom. The molecule has 1 atom stereocenters. The maximum absolute atomic E-state index is 13.8. The van der Waals surface area contributed by atoms with Crippen molar-refractivity contribution < 1.29 is 14.3 Å². The number of rotatable bonds is 12. The molecule has 0 aliphatic rings. The van der Waals surface area contributed by atoms with Crippen molar-refractivity contribution in [2.75, 3.05) is 13.7 Å². The van der Waals surface area contributed by atoms with E-state index >= 15 is 0 Å². The summed E-state index contributed by atoms with van der Waals surface area (Å²) in [5.74, 6) is 0.344. The largest absolute Gasteiger partial charge is 0.497 e. The first-order valence-corrected chi connectivity index (χ1v) is 12.8. The van der Waals surface area contributed by atoms with Crippen LogP contribution in [0.4, 0.5) is 0 Å². The summed E-state index contributed by atoms with van der Waals surface area (Å²) >= 11 is 12.3. The van der Waals surface area contributed by atoms with Gasteiger partial charge in [0.15, 0.2) is 0 Å². The average Bonchev–Trinajstić information content (AvgIpc) is 2.89. The molecule has 3 rings (SSSR count). The van der Waals surface area contributed by atoms with E-state index in [0.717, 1.165) is 29.5 Å². The highest BCUT2D eigenvalue weighted by atomic mass is 35.5. The van der Waals surface area contributed by atoms with E-state index in [1.165, 1.54) is 0 Å². The zero-order valence-electron chi connectivity index (χ0n) is 20.7. The molecule has 36 heavy (non-hydrogen) atoms. The fraction of sp³-hybridized carbons (Fsp3) is 0.310. The van der Waals surface area contributed by atoms with E-state index in [0.29, 0.717) is 28.8 Å². The Hall–Kier alpha value is -3.02. The second kappa shape index (κ2) is 13.9. The fourth-order valence-electron chi connectivity index (χ4n) is 3.95. The topological polar surface area (TPSA) is 58.6 Å². The maximum Gasteiger partial charge on any atom is 0.243 e. The van der Waals surface area contributed by atoms with E-state index in [1.54, 1.807) is 30.2 Å². The highest BCUT2D eigenvalue weighted by Gasteiger charge is 2.30. The van der Waals surface area contributed by atoms with Gasteiger partial charge in [-0.05, 0) is 47.4 Å². The van der Waals surface area contributed by atoms with Crippen LogP contribution in [0, 0.1) is 0 Å². The molecule has 0 heterocycles. The number of benzene rings is 3. The minimum atomic E-state index is -0.689. The molecule has 0 aromatic heterocycles. The molecule has 7 heteroatoms. The number of hydrogen-bond acceptors (Lipinski definition) is 3. The van der Waals surface area contributed by atoms with Crippen molar-refractivity contribution in [1.29, 1.82) is 0 Å². The number of unbranched alkanes of at least 4 members (excludes halogenated alkanes) is 1. The van der Waals surface area contributed by atoms with Gasteiger partial charge in [0.1, 0.15) is 11.8 Å². The van der Waals surface area contributed by atoms with Crippen LogP contribution in [0.5, 0.6) is 5.75 Å². The van der Waals surface area contributed by atoms with Crippen LogP contribution in [-0.2, 0) is 29.0 Å². The van der Waals surface area contributed by atoms with Crippen LogP contribution in [0.2, 0.25) is 10.0 Å². The number of ether oxygens (including phenoxy) is 1. The Kier molecular flexibility index (Phi) is 10.6. The van der Waals surface area contributed by atoms with E-state index in [2.05, 4.69) is 12.2 Å². The van der Waals surface area contributed by atoms with Crippen LogP contribution in [-0.4, -0.2) is 36.4 Å². The summed E-state index contributed by atoms with van der Waals surface area (Å²) in [6.07, 6.45) is 2.33. The van der Waals surface area contributed by atoms with Gasteiger partial charge in [0, 0.05) is 19.5 Å². The number of hydrogen-bond donors (Lipinski definition) is 1. The Morgan fingerprint density at radius 1 is 0.917 bits per heavy atom. The third-order valence-electron chi connectivity index (χ3n) is 5.93. The fourth-order valence-corrected chi connectivity index (χ4v) is 4.27. The third kappa shape index (κ3) is 8.00. The summed E-state index contributed by atoms with van der Waals surface area (Å²) in [4.78, 5) is 28.9. The normalized spacial score (nSPS) is 11.6. The van der Waals surface area contributed by atoms with E-state index < -0.39 is 6.04 Å². The zero-order valence-corrected chi connectivity index (χ0v) is 22.2. The highest BCUT2D eigenvalue weighted by molar-refractivity contribution is 6.42. The summed E-state index contributed by atoms with van der Waals surface area (Å²) in [6.45, 7) is 2.90. The van der Waals surface area contributed by atoms with Gasteiger partial charge in [-0.15, -0.1) is 0 Å². The molecular weight excluding hydrogens is 495 g/mol. The molecule has 0 radical (unpaired) electrons. The smallest absolute Gasteiger partial charge is 0.243 e. The molecular formula is C29H32Cl2N2O3. The van der Waals surface area contributed by atoms with Gasteiger partial charge in [0.2, 0.25) is 11.8 Å². The Balaban J connectivity index is 1.96. The number of halogens is 2. The number of amides is 2. The molecule has 0 aliphatic carbocycles. The molecule has 0 fully saturated rings. The molecule has 0 aliphatic heterocycles. The number of methoxy groups -OCH3 is 1. The van der Waals surface area contributed by atoms with E-state index in [4.69, 9.17) is 27.9 Å². The summed E-state index contributed by atoms with van der Waals surface area (Å²) in [5, 5.41) is 3.85. The predicted octanol–water partition coefficient (Wildman–Crippen LogP) is 6.10. The van der Waals surface area contributed by atoms with Crippen LogP contribution < -0.4 is 10.1 Å². The molecule has 2 amide bonds. The first-order chi connectivity index (χ1) is 17.4. The lowest BCUT2D eigenvalue weighted by Gasteiger charge is -2.32. The minimum Gasteiger partial charge on any atom is -0.497 e. The summed E-state index contributed by atoms with van der Waals surface area (Å²) in [5.41, 5.74) is 2.58. The minimum absolute atomic E-state index is 0.0917. The molecule has 190 valence electrons. The van der Waals surface area contributed by atoms with E-state index in [-0.39, 0.29) is 24.8 Å². The van der Waals surface area contributed by atoms with Gasteiger partial charge in [0.05, 0.1) is 23.6 Å². The molecule has 1 N–H and O–H groups in total. The van der Waals surface area contributed by atoms with Gasteiger partial charge in [-0.25, -0.2) is 0 Å². The maximum atomic E-state index is 13.8. The summed E-state index contributed by atoms with van der Waals surface area (Å²) in [6, 6.07) is 21.8. The third-order valence-corrected chi connectivity index (χ3v) is 6.67. The molecule has 0 bridgehead atoms. The van der Waals surface area contributed by atoms with Crippen molar-refractivity contribution >= 4 is 35.0 Å². The van der Waals surface area contributed by atoms with E-state index in [9.17, 15) is 9.59 Å². The van der Waals surface area contributed by atoms with E-state index in [1.807, 2.05) is 54.6 Å². The van der Waals surface area contributed by atoms with Crippen LogP contribution in [0.15, 0.2) is 72.8 Å². The lowest BCUT2D eigenvalue weighted by atomic mass is 10.0. The predicted molar refractivity (Wildman–Crippen MR) is 146 cm³/mol. The van der Waals surface area contributed by atoms with Crippen molar-refractivity contribution in [3.63, 3.8) is 0 Å². The van der Waals surface area contributed by atoms with Gasteiger partial charge < -0.3 is 15.0 Å². The number of carbonyl (C=O) groups excluding carboxylic acids is 2. The number of nitrogens with one attached hydrogen (secondary N) is 1. The first-order valence-electron chi connectivity index (χ1n) is 12.1. The van der Waals surface area contributed by atoms with Crippen molar-refractivity contribution in [3.8, 4) is 5.75 Å². The van der Waals surface area contributed by atoms with Gasteiger partial charge in [-0.1, -0.05) is 85.1 Å². The van der Waals surface area contributed by atoms with Crippen LogP contribution in [0.3, 0.4) is 0 Å². The van der Waals surface area contributed by atoms with Crippen LogP contribution >= 0.6 is 23.2 Å². The van der Waals surface area contributed by atoms with Crippen LogP contribution in [0.25, 0.3) is 0 Å². The Labute approximate surface area is 223 Å². The Morgan fingerprint density at radius 3 is 2.36 bits per heavy atom. The standard InChI is InChI=1S/C29H32Cl2N2O3/c1-3-4-15-32-29(35)27(18-21-9-6-5-7-10-21)33(20-23-11-8-12-24(16-23)36-2)28(34)19-22-13-14-25(30)26(31)17-22/h5-14,16-17,27H,3-4,15,18-20H2,1-2H3,(H,32,35)/t27-/m0/s1. The van der Waals surface area contributed by atoms with Gasteiger partial charge in [0.25, 0.3) is 0 Å². The van der Waals surface area contributed by atoms with Crippen molar-refractivity contribution in [1.82, 2.24) is 10.2 Å². The van der Waals surface area contributed by atoms with Gasteiger partial charge in [-0.3, -0.25) is 9.59 Å². The first kappa shape index (κ1) is 27.6. The van der Waals surface area contributed by atoms with Crippen molar-refractivity contribution in [3.05, 3.63) is 99.5 Å². The molecule has 0 saturated carbocycles. The Bertz CT molecular complexity index is 1150. The number of carbonyl (C=O) groups is 2. The molecule has 0 spiro atoms. The summed E-state index contributed by atoms with van der Waals surface area (Å²) in [7, 11) is 1.60. The molecule has 0 saturated heterocycles. The van der Waals surface area contributed by atoms with Crippen molar-refractivity contribution in [2.24, 2.45) is 0 Å². The molecule has 5 nitrogen and oxygen atoms in total. The molecule has 3 aromatic carbocycles. The summed E-state index contributed by atoms with van der Waals surface area (Å²) < 4.78 is 5.38. The SMILES string of the molecule is CCCCNC(=O)[C@H](Cc1ccccc1)N(Cc1cccc(OC)c1)C(=O)Cc1ccc(Cl)c(Cl)c1.